The number of carbonyl (C=O) groups excluding carboxylic acids is 1. The van der Waals surface area contributed by atoms with Gasteiger partial charge in [0, 0.05) is 19.4 Å². The van der Waals surface area contributed by atoms with Crippen LogP contribution in [0.25, 0.3) is 0 Å². The van der Waals surface area contributed by atoms with Gasteiger partial charge in [0.05, 0.1) is 6.10 Å². The predicted octanol–water partition coefficient (Wildman–Crippen LogP) is 1.99. The molecule has 0 amide bonds. The van der Waals surface area contributed by atoms with Gasteiger partial charge in [-0.15, -0.1) is 0 Å². The van der Waals surface area contributed by atoms with Crippen LogP contribution in [0.5, 0.6) is 0 Å². The lowest BCUT2D eigenvalue weighted by molar-refractivity contribution is -0.148. The number of esters is 1. The van der Waals surface area contributed by atoms with Crippen LogP contribution in [-0.4, -0.2) is 36.4 Å². The lowest BCUT2D eigenvalue weighted by atomic mass is 10.2. The molecule has 100 valence electrons. The Kier molecular flexibility index (Phi) is 9.43. The number of unbranched alkanes of at least 4 members (excludes halogenated alkanes) is 1. The molecule has 0 spiro atoms. The van der Waals surface area contributed by atoms with Crippen molar-refractivity contribution in [1.82, 2.24) is 0 Å². The van der Waals surface area contributed by atoms with E-state index in [0.29, 0.717) is 19.4 Å². The first-order chi connectivity index (χ1) is 8.10. The maximum Gasteiger partial charge on any atom is 0.305 e. The van der Waals surface area contributed by atoms with Crippen molar-refractivity contribution in [2.45, 2.75) is 52.1 Å². The average molecular weight is 246 g/mol. The van der Waals surface area contributed by atoms with Crippen LogP contribution in [0.1, 0.15) is 46.0 Å². The number of ether oxygens (including phenoxy) is 2. The molecule has 1 unspecified atom stereocenters. The van der Waals surface area contributed by atoms with E-state index < -0.39 is 5.97 Å². The van der Waals surface area contributed by atoms with Crippen LogP contribution in [0.4, 0.5) is 0 Å². The molecule has 0 aliphatic heterocycles. The molecule has 0 fully saturated rings. The summed E-state index contributed by atoms with van der Waals surface area (Å²) in [6.45, 7) is 4.76. The average Bonchev–Trinajstić information content (AvgIpc) is 2.29. The molecule has 0 heterocycles. The van der Waals surface area contributed by atoms with Crippen molar-refractivity contribution in [3.63, 3.8) is 0 Å². The molecule has 17 heavy (non-hydrogen) atoms. The second-order valence-corrected chi connectivity index (χ2v) is 3.77. The van der Waals surface area contributed by atoms with Crippen molar-refractivity contribution in [3.05, 3.63) is 0 Å². The van der Waals surface area contributed by atoms with Gasteiger partial charge in [-0.2, -0.15) is 0 Å². The molecule has 5 heteroatoms. The van der Waals surface area contributed by atoms with E-state index in [4.69, 9.17) is 14.6 Å². The van der Waals surface area contributed by atoms with Crippen LogP contribution in [0, 0.1) is 0 Å². The highest BCUT2D eigenvalue weighted by molar-refractivity contribution is 5.69. The third kappa shape index (κ3) is 9.81. The second-order valence-electron chi connectivity index (χ2n) is 3.77. The van der Waals surface area contributed by atoms with Crippen LogP contribution >= 0.6 is 0 Å². The minimum atomic E-state index is -0.833. The SMILES string of the molecule is CCOC(CC)COC(=O)CCCCC(=O)O. The van der Waals surface area contributed by atoms with Gasteiger partial charge < -0.3 is 14.6 Å². The van der Waals surface area contributed by atoms with Crippen molar-refractivity contribution in [3.8, 4) is 0 Å². The molecular weight excluding hydrogens is 224 g/mol. The molecule has 0 aromatic heterocycles. The summed E-state index contributed by atoms with van der Waals surface area (Å²) in [4.78, 5) is 21.5. The summed E-state index contributed by atoms with van der Waals surface area (Å²) in [6.07, 6.45) is 2.20. The van der Waals surface area contributed by atoms with Crippen molar-refractivity contribution in [2.24, 2.45) is 0 Å². The van der Waals surface area contributed by atoms with E-state index in [-0.39, 0.29) is 31.5 Å². The molecular formula is C12H22O5. The summed E-state index contributed by atoms with van der Waals surface area (Å²) in [5.41, 5.74) is 0. The van der Waals surface area contributed by atoms with E-state index in [1.54, 1.807) is 0 Å². The Morgan fingerprint density at radius 2 is 1.82 bits per heavy atom. The van der Waals surface area contributed by atoms with Gasteiger partial charge in [-0.3, -0.25) is 9.59 Å². The summed E-state index contributed by atoms with van der Waals surface area (Å²) in [6, 6.07) is 0. The maximum atomic E-state index is 11.3. The zero-order valence-electron chi connectivity index (χ0n) is 10.6. The van der Waals surface area contributed by atoms with Crippen molar-refractivity contribution in [2.75, 3.05) is 13.2 Å². The fourth-order valence-corrected chi connectivity index (χ4v) is 1.32. The third-order valence-electron chi connectivity index (χ3n) is 2.31. The van der Waals surface area contributed by atoms with E-state index in [0.717, 1.165) is 6.42 Å². The van der Waals surface area contributed by atoms with Crippen LogP contribution < -0.4 is 0 Å². The van der Waals surface area contributed by atoms with Gasteiger partial charge in [-0.25, -0.2) is 0 Å². The molecule has 0 aromatic rings. The van der Waals surface area contributed by atoms with Gasteiger partial charge in [0.25, 0.3) is 0 Å². The standard InChI is InChI=1S/C12H22O5/c1-3-10(16-4-2)9-17-12(15)8-6-5-7-11(13)14/h10H,3-9H2,1-2H3,(H,13,14). The zero-order valence-corrected chi connectivity index (χ0v) is 10.6. The quantitative estimate of drug-likeness (QED) is 0.471. The number of carboxylic acids is 1. The Morgan fingerprint density at radius 1 is 1.18 bits per heavy atom. The predicted molar refractivity (Wildman–Crippen MR) is 62.8 cm³/mol. The van der Waals surface area contributed by atoms with Crippen LogP contribution in [-0.2, 0) is 19.1 Å². The van der Waals surface area contributed by atoms with Gasteiger partial charge in [0.1, 0.15) is 6.61 Å². The number of carboxylic acid groups (broad SMARTS) is 1. The van der Waals surface area contributed by atoms with Crippen molar-refractivity contribution >= 4 is 11.9 Å². The third-order valence-corrected chi connectivity index (χ3v) is 2.31. The molecule has 0 radical (unpaired) electrons. The fraction of sp³-hybridized carbons (Fsp3) is 0.833. The molecule has 1 atom stereocenters. The Bertz CT molecular complexity index is 227. The first-order valence-corrected chi connectivity index (χ1v) is 6.09. The Labute approximate surface area is 102 Å². The molecule has 0 aliphatic carbocycles. The van der Waals surface area contributed by atoms with E-state index in [1.165, 1.54) is 0 Å². The molecule has 5 nitrogen and oxygen atoms in total. The van der Waals surface area contributed by atoms with Gasteiger partial charge >= 0.3 is 11.9 Å². The van der Waals surface area contributed by atoms with Crippen molar-refractivity contribution in [1.29, 1.82) is 0 Å². The lowest BCUT2D eigenvalue weighted by Gasteiger charge is -2.14. The van der Waals surface area contributed by atoms with Crippen LogP contribution in [0.15, 0.2) is 0 Å². The van der Waals surface area contributed by atoms with E-state index >= 15 is 0 Å². The number of hydrogen-bond donors (Lipinski definition) is 1. The first-order valence-electron chi connectivity index (χ1n) is 6.09. The fourth-order valence-electron chi connectivity index (χ4n) is 1.32. The summed E-state index contributed by atoms with van der Waals surface area (Å²) < 4.78 is 10.4. The zero-order chi connectivity index (χ0) is 13.1. The van der Waals surface area contributed by atoms with E-state index in [1.807, 2.05) is 13.8 Å². The van der Waals surface area contributed by atoms with Gasteiger partial charge in [-0.1, -0.05) is 6.92 Å². The molecule has 0 saturated heterocycles. The van der Waals surface area contributed by atoms with Gasteiger partial charge in [0.2, 0.25) is 0 Å². The number of carbonyl (C=O) groups is 2. The van der Waals surface area contributed by atoms with Crippen molar-refractivity contribution < 1.29 is 24.2 Å². The Balaban J connectivity index is 3.54. The largest absolute Gasteiger partial charge is 0.481 e. The highest BCUT2D eigenvalue weighted by Crippen LogP contribution is 2.04. The number of hydrogen-bond acceptors (Lipinski definition) is 4. The maximum absolute atomic E-state index is 11.3. The molecule has 1 N–H and O–H groups in total. The Morgan fingerprint density at radius 3 is 2.35 bits per heavy atom. The first kappa shape index (κ1) is 15.9. The minimum Gasteiger partial charge on any atom is -0.481 e. The molecule has 0 saturated carbocycles. The topological polar surface area (TPSA) is 72.8 Å². The molecule has 0 bridgehead atoms. The molecule has 0 aliphatic rings. The summed E-state index contributed by atoms with van der Waals surface area (Å²) in [5.74, 6) is -1.12. The number of aliphatic carboxylic acids is 1. The van der Waals surface area contributed by atoms with E-state index in [9.17, 15) is 9.59 Å². The lowest BCUT2D eigenvalue weighted by Crippen LogP contribution is -2.21. The minimum absolute atomic E-state index is 0.0389. The van der Waals surface area contributed by atoms with Crippen LogP contribution in [0.2, 0.25) is 0 Å². The van der Waals surface area contributed by atoms with Gasteiger partial charge in [-0.05, 0) is 26.2 Å². The smallest absolute Gasteiger partial charge is 0.305 e. The summed E-state index contributed by atoms with van der Waals surface area (Å²) in [7, 11) is 0. The monoisotopic (exact) mass is 246 g/mol. The Hall–Kier alpha value is -1.10. The van der Waals surface area contributed by atoms with E-state index in [2.05, 4.69) is 0 Å². The normalized spacial score (nSPS) is 12.1. The summed E-state index contributed by atoms with van der Waals surface area (Å²) in [5, 5.41) is 8.41. The number of rotatable bonds is 10. The highest BCUT2D eigenvalue weighted by Gasteiger charge is 2.09. The second kappa shape index (κ2) is 10.1. The van der Waals surface area contributed by atoms with Gasteiger partial charge in [0.15, 0.2) is 0 Å². The summed E-state index contributed by atoms with van der Waals surface area (Å²) >= 11 is 0. The molecule has 0 aromatic carbocycles. The highest BCUT2D eigenvalue weighted by atomic mass is 16.6. The molecule has 0 rings (SSSR count). The van der Waals surface area contributed by atoms with Crippen LogP contribution in [0.3, 0.4) is 0 Å².